The fraction of sp³-hybridized carbons (Fsp3) is 0.200. The van der Waals surface area contributed by atoms with Gasteiger partial charge in [0.05, 0.1) is 18.1 Å². The molecule has 1 aromatic heterocycles. The topological polar surface area (TPSA) is 62.6 Å². The molecule has 4 rings (SSSR count). The molecule has 0 radical (unpaired) electrons. The lowest BCUT2D eigenvalue weighted by Crippen LogP contribution is -2.36. The van der Waals surface area contributed by atoms with E-state index in [9.17, 15) is 9.59 Å². The van der Waals surface area contributed by atoms with Crippen molar-refractivity contribution >= 4 is 17.3 Å². The SMILES string of the molecule is CC(=O)[C@@H](NC(=O)C1=C(C)N(Cc2ccoc2)Cc2ccccc21)c1ccccc1. The zero-order valence-electron chi connectivity index (χ0n) is 17.1. The van der Waals surface area contributed by atoms with Gasteiger partial charge in [0.1, 0.15) is 6.04 Å². The van der Waals surface area contributed by atoms with Crippen molar-refractivity contribution in [1.29, 1.82) is 0 Å². The predicted molar refractivity (Wildman–Crippen MR) is 115 cm³/mol. The van der Waals surface area contributed by atoms with Gasteiger partial charge in [0.2, 0.25) is 0 Å². The summed E-state index contributed by atoms with van der Waals surface area (Å²) in [6, 6.07) is 18.5. The highest BCUT2D eigenvalue weighted by molar-refractivity contribution is 6.21. The number of benzene rings is 2. The molecule has 3 aromatic rings. The number of hydrogen-bond acceptors (Lipinski definition) is 4. The van der Waals surface area contributed by atoms with Gasteiger partial charge in [-0.2, -0.15) is 0 Å². The van der Waals surface area contributed by atoms with Gasteiger partial charge >= 0.3 is 0 Å². The Morgan fingerprint density at radius 3 is 2.50 bits per heavy atom. The van der Waals surface area contributed by atoms with Crippen molar-refractivity contribution in [3.63, 3.8) is 0 Å². The largest absolute Gasteiger partial charge is 0.472 e. The quantitative estimate of drug-likeness (QED) is 0.663. The molecule has 0 spiro atoms. The van der Waals surface area contributed by atoms with Crippen LogP contribution in [0.1, 0.15) is 42.1 Å². The number of amides is 1. The molecule has 0 bridgehead atoms. The summed E-state index contributed by atoms with van der Waals surface area (Å²) in [6.07, 6.45) is 3.37. The van der Waals surface area contributed by atoms with E-state index >= 15 is 0 Å². The molecule has 0 aliphatic carbocycles. The Kier molecular flexibility index (Phi) is 5.53. The Morgan fingerprint density at radius 1 is 1.07 bits per heavy atom. The molecule has 0 unspecified atom stereocenters. The molecule has 2 aromatic carbocycles. The second kappa shape index (κ2) is 8.41. The standard InChI is InChI=1S/C25H24N2O3/c1-17-23(25(29)26-24(18(2)28)20-8-4-3-5-9-20)22-11-7-6-10-21(22)15-27(17)14-19-12-13-30-16-19/h3-13,16,24H,14-15H2,1-2H3,(H,26,29)/t24-/m1/s1. The van der Waals surface area contributed by atoms with E-state index in [0.717, 1.165) is 28.0 Å². The van der Waals surface area contributed by atoms with Crippen molar-refractivity contribution in [2.24, 2.45) is 0 Å². The molecule has 0 saturated heterocycles. The third kappa shape index (κ3) is 3.92. The first kappa shape index (κ1) is 19.7. The molecule has 152 valence electrons. The van der Waals surface area contributed by atoms with Crippen LogP contribution in [0.25, 0.3) is 5.57 Å². The van der Waals surface area contributed by atoms with Crippen molar-refractivity contribution in [3.8, 4) is 0 Å². The van der Waals surface area contributed by atoms with Crippen molar-refractivity contribution in [3.05, 3.63) is 101 Å². The summed E-state index contributed by atoms with van der Waals surface area (Å²) in [4.78, 5) is 27.9. The lowest BCUT2D eigenvalue weighted by molar-refractivity contribution is -0.124. The molecular formula is C25H24N2O3. The maximum Gasteiger partial charge on any atom is 0.254 e. The molecule has 1 atom stereocenters. The van der Waals surface area contributed by atoms with Crippen LogP contribution in [-0.4, -0.2) is 16.6 Å². The van der Waals surface area contributed by atoms with Crippen LogP contribution >= 0.6 is 0 Å². The maximum atomic E-state index is 13.4. The Balaban J connectivity index is 1.69. The monoisotopic (exact) mass is 400 g/mol. The summed E-state index contributed by atoms with van der Waals surface area (Å²) in [7, 11) is 0. The number of furan rings is 1. The van der Waals surface area contributed by atoms with Crippen LogP contribution in [-0.2, 0) is 22.7 Å². The molecular weight excluding hydrogens is 376 g/mol. The highest BCUT2D eigenvalue weighted by Crippen LogP contribution is 2.33. The number of hydrogen-bond donors (Lipinski definition) is 1. The number of carbonyl (C=O) groups is 2. The van der Waals surface area contributed by atoms with E-state index in [1.54, 1.807) is 12.5 Å². The molecule has 1 amide bonds. The van der Waals surface area contributed by atoms with E-state index in [1.807, 2.05) is 67.6 Å². The molecule has 0 fully saturated rings. The minimum absolute atomic E-state index is 0.104. The molecule has 0 saturated carbocycles. The Bertz CT molecular complexity index is 1080. The summed E-state index contributed by atoms with van der Waals surface area (Å²) in [5.41, 5.74) is 5.28. The average molecular weight is 400 g/mol. The van der Waals surface area contributed by atoms with E-state index < -0.39 is 6.04 Å². The normalized spacial score (nSPS) is 14.3. The molecule has 30 heavy (non-hydrogen) atoms. The minimum atomic E-state index is -0.685. The molecule has 1 aliphatic heterocycles. The molecule has 1 N–H and O–H groups in total. The highest BCUT2D eigenvalue weighted by atomic mass is 16.3. The first-order valence-corrected chi connectivity index (χ1v) is 9.96. The van der Waals surface area contributed by atoms with E-state index in [-0.39, 0.29) is 11.7 Å². The van der Waals surface area contributed by atoms with Crippen LogP contribution in [0.4, 0.5) is 0 Å². The molecule has 5 nitrogen and oxygen atoms in total. The van der Waals surface area contributed by atoms with Gasteiger partial charge in [-0.05, 0) is 36.6 Å². The second-order valence-electron chi connectivity index (χ2n) is 7.53. The van der Waals surface area contributed by atoms with E-state index in [2.05, 4.69) is 10.2 Å². The van der Waals surface area contributed by atoms with Gasteiger partial charge in [-0.1, -0.05) is 54.6 Å². The zero-order chi connectivity index (χ0) is 21.1. The van der Waals surface area contributed by atoms with Gasteiger partial charge in [0.15, 0.2) is 5.78 Å². The van der Waals surface area contributed by atoms with E-state index in [1.165, 1.54) is 6.92 Å². The summed E-state index contributed by atoms with van der Waals surface area (Å²) >= 11 is 0. The number of carbonyl (C=O) groups excluding carboxylic acids is 2. The first-order valence-electron chi connectivity index (χ1n) is 9.96. The average Bonchev–Trinajstić information content (AvgIpc) is 3.26. The van der Waals surface area contributed by atoms with Gasteiger partial charge in [-0.25, -0.2) is 0 Å². The van der Waals surface area contributed by atoms with Crippen molar-refractivity contribution in [2.75, 3.05) is 0 Å². The van der Waals surface area contributed by atoms with Crippen molar-refractivity contribution in [1.82, 2.24) is 10.2 Å². The molecule has 5 heteroatoms. The van der Waals surface area contributed by atoms with E-state index in [4.69, 9.17) is 4.42 Å². The summed E-state index contributed by atoms with van der Waals surface area (Å²) in [6.45, 7) is 4.80. The fourth-order valence-corrected chi connectivity index (χ4v) is 3.91. The van der Waals surface area contributed by atoms with Crippen LogP contribution in [0.2, 0.25) is 0 Å². The van der Waals surface area contributed by atoms with Crippen LogP contribution < -0.4 is 5.32 Å². The lowest BCUT2D eigenvalue weighted by atomic mass is 9.92. The number of rotatable bonds is 6. The van der Waals surface area contributed by atoms with Gasteiger partial charge in [-0.15, -0.1) is 0 Å². The highest BCUT2D eigenvalue weighted by Gasteiger charge is 2.29. The number of ketones is 1. The minimum Gasteiger partial charge on any atom is -0.472 e. The van der Waals surface area contributed by atoms with Crippen LogP contribution in [0.15, 0.2) is 83.3 Å². The smallest absolute Gasteiger partial charge is 0.254 e. The van der Waals surface area contributed by atoms with Gasteiger partial charge < -0.3 is 14.6 Å². The fourth-order valence-electron chi connectivity index (χ4n) is 3.91. The zero-order valence-corrected chi connectivity index (χ0v) is 17.1. The summed E-state index contributed by atoms with van der Waals surface area (Å²) in [5, 5.41) is 2.96. The number of fused-ring (bicyclic) bond motifs is 1. The Labute approximate surface area is 176 Å². The van der Waals surface area contributed by atoms with Gasteiger partial charge in [0, 0.05) is 24.4 Å². The second-order valence-corrected chi connectivity index (χ2v) is 7.53. The number of nitrogens with zero attached hydrogens (tertiary/aromatic N) is 1. The summed E-state index contributed by atoms with van der Waals surface area (Å²) < 4.78 is 5.20. The Morgan fingerprint density at radius 2 is 1.80 bits per heavy atom. The number of Topliss-reactive ketones (excluding diaryl/α,β-unsaturated/α-hetero) is 1. The lowest BCUT2D eigenvalue weighted by Gasteiger charge is -2.33. The number of allylic oxidation sites excluding steroid dienone is 1. The van der Waals surface area contributed by atoms with Crippen molar-refractivity contribution < 1.29 is 14.0 Å². The first-order chi connectivity index (χ1) is 14.5. The van der Waals surface area contributed by atoms with Gasteiger partial charge in [-0.3, -0.25) is 9.59 Å². The van der Waals surface area contributed by atoms with Gasteiger partial charge in [0.25, 0.3) is 5.91 Å². The third-order valence-corrected chi connectivity index (χ3v) is 5.48. The van der Waals surface area contributed by atoms with Crippen LogP contribution in [0.5, 0.6) is 0 Å². The third-order valence-electron chi connectivity index (χ3n) is 5.48. The Hall–Kier alpha value is -3.60. The van der Waals surface area contributed by atoms with Crippen LogP contribution in [0, 0.1) is 0 Å². The molecule has 2 heterocycles. The predicted octanol–water partition coefficient (Wildman–Crippen LogP) is 4.47. The van der Waals surface area contributed by atoms with E-state index in [0.29, 0.717) is 18.7 Å². The van der Waals surface area contributed by atoms with Crippen molar-refractivity contribution in [2.45, 2.75) is 33.0 Å². The van der Waals surface area contributed by atoms with Crippen LogP contribution in [0.3, 0.4) is 0 Å². The molecule has 1 aliphatic rings. The number of nitrogens with one attached hydrogen (secondary N) is 1. The summed E-state index contributed by atoms with van der Waals surface area (Å²) in [5.74, 6) is -0.354. The maximum absolute atomic E-state index is 13.4.